The molecular weight excluding hydrogens is 288 g/mol. The molecule has 0 heterocycles. The topological polar surface area (TPSA) is 38.0 Å². The van der Waals surface area contributed by atoms with Crippen molar-refractivity contribution in [2.24, 2.45) is 5.73 Å². The SMILES string of the molecule is CCCCCCCCC=CCCCCCCCCNC(N)=S. The first-order chi connectivity index (χ1) is 10.8. The van der Waals surface area contributed by atoms with E-state index in [1.165, 1.54) is 89.9 Å². The van der Waals surface area contributed by atoms with Gasteiger partial charge in [-0.05, 0) is 44.3 Å². The minimum atomic E-state index is 0.424. The zero-order chi connectivity index (χ0) is 16.3. The molecule has 130 valence electrons. The minimum absolute atomic E-state index is 0.424. The largest absolute Gasteiger partial charge is 0.376 e. The molecule has 0 bridgehead atoms. The summed E-state index contributed by atoms with van der Waals surface area (Å²) >= 11 is 4.77. The fraction of sp³-hybridized carbons (Fsp3) is 0.842. The maximum absolute atomic E-state index is 5.37. The van der Waals surface area contributed by atoms with Crippen molar-refractivity contribution in [2.75, 3.05) is 6.54 Å². The van der Waals surface area contributed by atoms with E-state index in [2.05, 4.69) is 24.4 Å². The first-order valence-corrected chi connectivity index (χ1v) is 9.86. The van der Waals surface area contributed by atoms with Crippen molar-refractivity contribution in [1.82, 2.24) is 5.32 Å². The first kappa shape index (κ1) is 21.4. The van der Waals surface area contributed by atoms with Crippen molar-refractivity contribution in [1.29, 1.82) is 0 Å². The van der Waals surface area contributed by atoms with Gasteiger partial charge in [-0.1, -0.05) is 76.9 Å². The van der Waals surface area contributed by atoms with Gasteiger partial charge in [0, 0.05) is 6.54 Å². The Morgan fingerprint density at radius 2 is 1.23 bits per heavy atom. The van der Waals surface area contributed by atoms with E-state index in [1.54, 1.807) is 0 Å². The Labute approximate surface area is 144 Å². The Kier molecular flexibility index (Phi) is 18.0. The van der Waals surface area contributed by atoms with E-state index in [0.29, 0.717) is 5.11 Å². The summed E-state index contributed by atoms with van der Waals surface area (Å²) in [6, 6.07) is 0. The molecule has 0 unspecified atom stereocenters. The highest BCUT2D eigenvalue weighted by molar-refractivity contribution is 7.80. The summed E-state index contributed by atoms with van der Waals surface area (Å²) in [6.45, 7) is 3.20. The zero-order valence-electron chi connectivity index (χ0n) is 14.7. The van der Waals surface area contributed by atoms with Gasteiger partial charge in [0.1, 0.15) is 0 Å². The van der Waals surface area contributed by atoms with E-state index in [4.69, 9.17) is 18.0 Å². The molecule has 0 aliphatic rings. The lowest BCUT2D eigenvalue weighted by Crippen LogP contribution is -2.29. The van der Waals surface area contributed by atoms with Crippen molar-refractivity contribution >= 4 is 17.3 Å². The van der Waals surface area contributed by atoms with Gasteiger partial charge in [0.25, 0.3) is 0 Å². The predicted molar refractivity (Wildman–Crippen MR) is 104 cm³/mol. The summed E-state index contributed by atoms with van der Waals surface area (Å²) in [5, 5.41) is 3.42. The van der Waals surface area contributed by atoms with Crippen molar-refractivity contribution in [3.05, 3.63) is 12.2 Å². The highest BCUT2D eigenvalue weighted by atomic mass is 32.1. The van der Waals surface area contributed by atoms with E-state index < -0.39 is 0 Å². The minimum Gasteiger partial charge on any atom is -0.376 e. The number of unbranched alkanes of at least 4 members (excludes halogenated alkanes) is 12. The molecule has 0 aromatic carbocycles. The molecule has 2 nitrogen and oxygen atoms in total. The third-order valence-corrected chi connectivity index (χ3v) is 4.13. The Morgan fingerprint density at radius 1 is 0.773 bits per heavy atom. The normalized spacial score (nSPS) is 11.1. The van der Waals surface area contributed by atoms with E-state index >= 15 is 0 Å². The Balaban J connectivity index is 3.06. The van der Waals surface area contributed by atoms with Crippen molar-refractivity contribution in [3.8, 4) is 0 Å². The first-order valence-electron chi connectivity index (χ1n) is 9.45. The summed E-state index contributed by atoms with van der Waals surface area (Å²) in [5.74, 6) is 0. The average molecular weight is 327 g/mol. The molecule has 0 fully saturated rings. The molecular formula is C19H38N2S. The third-order valence-electron chi connectivity index (χ3n) is 3.99. The summed E-state index contributed by atoms with van der Waals surface area (Å²) in [5.41, 5.74) is 5.37. The van der Waals surface area contributed by atoms with E-state index in [1.807, 2.05) is 0 Å². The number of hydrogen-bond acceptors (Lipinski definition) is 1. The molecule has 0 aliphatic carbocycles. The molecule has 0 saturated carbocycles. The lowest BCUT2D eigenvalue weighted by atomic mass is 10.1. The van der Waals surface area contributed by atoms with Crippen LogP contribution in [0.5, 0.6) is 0 Å². The molecule has 3 heteroatoms. The van der Waals surface area contributed by atoms with Gasteiger partial charge >= 0.3 is 0 Å². The molecule has 0 radical (unpaired) electrons. The van der Waals surface area contributed by atoms with Crippen LogP contribution in [0.1, 0.15) is 96.8 Å². The molecule has 0 aromatic rings. The van der Waals surface area contributed by atoms with Crippen LogP contribution in [0.15, 0.2) is 12.2 Å². The van der Waals surface area contributed by atoms with Crippen molar-refractivity contribution in [3.63, 3.8) is 0 Å². The molecule has 0 saturated heterocycles. The Morgan fingerprint density at radius 3 is 1.73 bits per heavy atom. The van der Waals surface area contributed by atoms with Gasteiger partial charge < -0.3 is 11.1 Å². The van der Waals surface area contributed by atoms with Crippen LogP contribution in [-0.2, 0) is 0 Å². The van der Waals surface area contributed by atoms with Gasteiger partial charge in [-0.25, -0.2) is 0 Å². The molecule has 0 amide bonds. The quantitative estimate of drug-likeness (QED) is 0.212. The summed E-state index contributed by atoms with van der Waals surface area (Å²) in [6.07, 6.45) is 23.6. The number of nitrogens with two attached hydrogens (primary N) is 1. The van der Waals surface area contributed by atoms with Gasteiger partial charge in [-0.15, -0.1) is 0 Å². The molecule has 3 N–H and O–H groups in total. The molecule has 0 spiro atoms. The number of nitrogens with one attached hydrogen (secondary N) is 1. The third kappa shape index (κ3) is 19.4. The maximum Gasteiger partial charge on any atom is 0.163 e. The van der Waals surface area contributed by atoms with E-state index in [-0.39, 0.29) is 0 Å². The lowest BCUT2D eigenvalue weighted by molar-refractivity contribution is 0.592. The maximum atomic E-state index is 5.37. The number of rotatable bonds is 16. The second kappa shape index (κ2) is 18.5. The zero-order valence-corrected chi connectivity index (χ0v) is 15.6. The van der Waals surface area contributed by atoms with E-state index in [9.17, 15) is 0 Å². The van der Waals surface area contributed by atoms with Crippen LogP contribution < -0.4 is 11.1 Å². The van der Waals surface area contributed by atoms with Crippen LogP contribution in [0.3, 0.4) is 0 Å². The number of allylic oxidation sites excluding steroid dienone is 2. The van der Waals surface area contributed by atoms with Gasteiger partial charge in [0.2, 0.25) is 0 Å². The summed E-state index contributed by atoms with van der Waals surface area (Å²) < 4.78 is 0. The predicted octanol–water partition coefficient (Wildman–Crippen LogP) is 5.86. The smallest absolute Gasteiger partial charge is 0.163 e. The monoisotopic (exact) mass is 326 g/mol. The second-order valence-electron chi connectivity index (χ2n) is 6.23. The van der Waals surface area contributed by atoms with Gasteiger partial charge in [0.05, 0.1) is 0 Å². The highest BCUT2D eigenvalue weighted by Crippen LogP contribution is 2.09. The van der Waals surface area contributed by atoms with Gasteiger partial charge in [-0.2, -0.15) is 0 Å². The highest BCUT2D eigenvalue weighted by Gasteiger charge is 1.92. The van der Waals surface area contributed by atoms with E-state index in [0.717, 1.165) is 6.54 Å². The Hall–Kier alpha value is -0.570. The molecule has 22 heavy (non-hydrogen) atoms. The number of thiocarbonyl (C=S) groups is 1. The van der Waals surface area contributed by atoms with Crippen LogP contribution in [0.25, 0.3) is 0 Å². The molecule has 0 aliphatic heterocycles. The summed E-state index contributed by atoms with van der Waals surface area (Å²) in [7, 11) is 0. The van der Waals surface area contributed by atoms with Crippen molar-refractivity contribution in [2.45, 2.75) is 96.8 Å². The van der Waals surface area contributed by atoms with Crippen LogP contribution in [0, 0.1) is 0 Å². The van der Waals surface area contributed by atoms with Crippen LogP contribution in [0.2, 0.25) is 0 Å². The summed E-state index contributed by atoms with van der Waals surface area (Å²) in [4.78, 5) is 0. The van der Waals surface area contributed by atoms with Gasteiger partial charge in [0.15, 0.2) is 5.11 Å². The van der Waals surface area contributed by atoms with Crippen LogP contribution in [-0.4, -0.2) is 11.7 Å². The number of hydrogen-bond donors (Lipinski definition) is 2. The second-order valence-corrected chi connectivity index (χ2v) is 6.67. The van der Waals surface area contributed by atoms with Crippen LogP contribution in [0.4, 0.5) is 0 Å². The average Bonchev–Trinajstić information content (AvgIpc) is 2.50. The van der Waals surface area contributed by atoms with Gasteiger partial charge in [-0.3, -0.25) is 0 Å². The van der Waals surface area contributed by atoms with Crippen molar-refractivity contribution < 1.29 is 0 Å². The molecule has 0 atom stereocenters. The fourth-order valence-corrected chi connectivity index (χ4v) is 2.69. The Bertz CT molecular complexity index is 264. The lowest BCUT2D eigenvalue weighted by Gasteiger charge is -2.03. The standard InChI is InChI=1S/C19H38N2S/c1-2-3-4-5-6-7-8-9-10-11-12-13-14-15-16-17-18-21-19(20)22/h9-10H,2-8,11-18H2,1H3,(H3,20,21,22). The molecule has 0 rings (SSSR count). The fourth-order valence-electron chi connectivity index (χ4n) is 2.58. The molecule has 0 aromatic heterocycles. The van der Waals surface area contributed by atoms with Crippen LogP contribution >= 0.6 is 12.2 Å².